The molecule has 7 nitrogen and oxygen atoms in total. The zero-order valence-electron chi connectivity index (χ0n) is 16.8. The molecule has 0 spiro atoms. The van der Waals surface area contributed by atoms with Crippen molar-refractivity contribution in [2.75, 3.05) is 13.7 Å². The molecule has 0 aliphatic heterocycles. The molecule has 9 heteroatoms. The molecule has 160 valence electrons. The van der Waals surface area contributed by atoms with Gasteiger partial charge in [-0.05, 0) is 23.3 Å². The van der Waals surface area contributed by atoms with Crippen LogP contribution >= 0.6 is 23.2 Å². The molecule has 0 atom stereocenters. The average Bonchev–Trinajstić information content (AvgIpc) is 3.18. The summed E-state index contributed by atoms with van der Waals surface area (Å²) in [5.41, 5.74) is 1.35. The van der Waals surface area contributed by atoms with Crippen LogP contribution in [-0.2, 0) is 24.4 Å². The van der Waals surface area contributed by atoms with Gasteiger partial charge in [0.25, 0.3) is 5.56 Å². The second kappa shape index (κ2) is 9.09. The van der Waals surface area contributed by atoms with Gasteiger partial charge in [-0.15, -0.1) is 0 Å². The average molecular weight is 459 g/mol. The fraction of sp³-hybridized carbons (Fsp3) is 0.227. The van der Waals surface area contributed by atoms with Crippen LogP contribution in [0.5, 0.6) is 0 Å². The Labute approximate surface area is 188 Å². The van der Waals surface area contributed by atoms with E-state index in [4.69, 9.17) is 27.9 Å². The van der Waals surface area contributed by atoms with Crippen LogP contribution in [0.25, 0.3) is 11.2 Å². The minimum absolute atomic E-state index is 0.0217. The lowest BCUT2D eigenvalue weighted by Crippen LogP contribution is -2.41. The van der Waals surface area contributed by atoms with Gasteiger partial charge in [0.1, 0.15) is 0 Å². The first-order valence-electron chi connectivity index (χ1n) is 9.65. The van der Waals surface area contributed by atoms with Crippen LogP contribution in [-0.4, -0.2) is 32.4 Å². The molecule has 0 saturated heterocycles. The van der Waals surface area contributed by atoms with Crippen molar-refractivity contribution in [2.45, 2.75) is 19.6 Å². The topological polar surface area (TPSA) is 71.1 Å². The number of aromatic nitrogens is 4. The van der Waals surface area contributed by atoms with Gasteiger partial charge in [0, 0.05) is 23.7 Å². The van der Waals surface area contributed by atoms with Crippen LogP contribution in [0.15, 0.2) is 64.4 Å². The normalized spacial score (nSPS) is 11.3. The molecule has 0 amide bonds. The third kappa shape index (κ3) is 4.30. The standard InChI is InChI=1S/C22H20Cl2N4O3/c1-31-10-9-26-14-25-20-19(26)21(29)28(13-16-7-8-17(23)11-18(16)24)22(30)27(20)12-15-5-3-2-4-6-15/h2-8,11,14H,9-10,12-13H2,1H3. The summed E-state index contributed by atoms with van der Waals surface area (Å²) >= 11 is 12.3. The summed E-state index contributed by atoms with van der Waals surface area (Å²) in [4.78, 5) is 31.1. The molecule has 31 heavy (non-hydrogen) atoms. The maximum Gasteiger partial charge on any atom is 0.333 e. The number of ether oxygens (including phenoxy) is 1. The van der Waals surface area contributed by atoms with Gasteiger partial charge >= 0.3 is 5.69 Å². The number of rotatable bonds is 7. The summed E-state index contributed by atoms with van der Waals surface area (Å²) in [5.74, 6) is 0. The molecule has 2 aromatic carbocycles. The summed E-state index contributed by atoms with van der Waals surface area (Å²) in [6, 6.07) is 14.5. The van der Waals surface area contributed by atoms with Crippen LogP contribution in [0.1, 0.15) is 11.1 Å². The Balaban J connectivity index is 1.91. The van der Waals surface area contributed by atoms with Gasteiger partial charge in [-0.2, -0.15) is 0 Å². The van der Waals surface area contributed by atoms with Crippen LogP contribution in [0, 0.1) is 0 Å². The summed E-state index contributed by atoms with van der Waals surface area (Å²) in [5, 5.41) is 0.872. The maximum absolute atomic E-state index is 13.4. The van der Waals surface area contributed by atoms with Crippen molar-refractivity contribution in [3.63, 3.8) is 0 Å². The van der Waals surface area contributed by atoms with E-state index in [0.29, 0.717) is 39.9 Å². The lowest BCUT2D eigenvalue weighted by atomic mass is 10.2. The van der Waals surface area contributed by atoms with E-state index in [1.54, 1.807) is 36.2 Å². The van der Waals surface area contributed by atoms with E-state index in [9.17, 15) is 9.59 Å². The fourth-order valence-electron chi connectivity index (χ4n) is 3.47. The van der Waals surface area contributed by atoms with Gasteiger partial charge in [-0.1, -0.05) is 59.6 Å². The highest BCUT2D eigenvalue weighted by atomic mass is 35.5. The first kappa shape index (κ1) is 21.4. The zero-order chi connectivity index (χ0) is 22.0. The predicted octanol–water partition coefficient (Wildman–Crippen LogP) is 3.41. The molecule has 0 aliphatic rings. The van der Waals surface area contributed by atoms with Gasteiger partial charge in [0.2, 0.25) is 0 Å². The van der Waals surface area contributed by atoms with Crippen molar-refractivity contribution < 1.29 is 4.74 Å². The van der Waals surface area contributed by atoms with E-state index >= 15 is 0 Å². The van der Waals surface area contributed by atoms with Gasteiger partial charge in [0.15, 0.2) is 11.2 Å². The predicted molar refractivity (Wildman–Crippen MR) is 121 cm³/mol. The number of benzene rings is 2. The van der Waals surface area contributed by atoms with Gasteiger partial charge in [-0.3, -0.25) is 13.9 Å². The Hall–Kier alpha value is -2.87. The maximum atomic E-state index is 13.4. The minimum atomic E-state index is -0.454. The molecule has 2 heterocycles. The quantitative estimate of drug-likeness (QED) is 0.425. The molecule has 0 unspecified atom stereocenters. The highest BCUT2D eigenvalue weighted by Crippen LogP contribution is 2.21. The molecule has 0 fully saturated rings. The third-order valence-electron chi connectivity index (χ3n) is 5.05. The van der Waals surface area contributed by atoms with E-state index < -0.39 is 11.2 Å². The SMILES string of the molecule is COCCn1cnc2c1c(=O)n(Cc1ccc(Cl)cc1Cl)c(=O)n2Cc1ccccc1. The highest BCUT2D eigenvalue weighted by Gasteiger charge is 2.19. The van der Waals surface area contributed by atoms with E-state index in [0.717, 1.165) is 5.56 Å². The summed E-state index contributed by atoms with van der Waals surface area (Å²) in [6.07, 6.45) is 1.56. The molecular weight excluding hydrogens is 439 g/mol. The van der Waals surface area contributed by atoms with Gasteiger partial charge in [-0.25, -0.2) is 9.78 Å². The monoisotopic (exact) mass is 458 g/mol. The summed E-state index contributed by atoms with van der Waals surface area (Å²) in [7, 11) is 1.59. The molecule has 0 N–H and O–H groups in total. The molecular formula is C22H20Cl2N4O3. The Morgan fingerprint density at radius 1 is 1.00 bits per heavy atom. The number of imidazole rings is 1. The number of halogens is 2. The first-order valence-corrected chi connectivity index (χ1v) is 10.4. The molecule has 4 aromatic rings. The first-order chi connectivity index (χ1) is 15.0. The van der Waals surface area contributed by atoms with Gasteiger partial charge < -0.3 is 9.30 Å². The summed E-state index contributed by atoms with van der Waals surface area (Å²) < 4.78 is 9.56. The molecule has 0 bridgehead atoms. The number of methoxy groups -OCH3 is 1. The molecule has 0 radical (unpaired) electrons. The lowest BCUT2D eigenvalue weighted by molar-refractivity contribution is 0.188. The fourth-order valence-corrected chi connectivity index (χ4v) is 3.93. The van der Waals surface area contributed by atoms with Crippen LogP contribution in [0.2, 0.25) is 10.0 Å². The lowest BCUT2D eigenvalue weighted by Gasteiger charge is -2.13. The second-order valence-electron chi connectivity index (χ2n) is 7.08. The van der Waals surface area contributed by atoms with Crippen molar-refractivity contribution in [1.29, 1.82) is 0 Å². The molecule has 2 aromatic heterocycles. The third-order valence-corrected chi connectivity index (χ3v) is 5.63. The Morgan fingerprint density at radius 3 is 2.48 bits per heavy atom. The second-order valence-corrected chi connectivity index (χ2v) is 7.93. The minimum Gasteiger partial charge on any atom is -0.383 e. The number of fused-ring (bicyclic) bond motifs is 1. The van der Waals surface area contributed by atoms with Crippen molar-refractivity contribution in [3.8, 4) is 0 Å². The van der Waals surface area contributed by atoms with Crippen LogP contribution in [0.3, 0.4) is 0 Å². The van der Waals surface area contributed by atoms with Crippen LogP contribution in [0.4, 0.5) is 0 Å². The molecule has 0 aliphatic carbocycles. The zero-order valence-corrected chi connectivity index (χ0v) is 18.3. The van der Waals surface area contributed by atoms with Gasteiger partial charge in [0.05, 0.1) is 26.0 Å². The largest absolute Gasteiger partial charge is 0.383 e. The highest BCUT2D eigenvalue weighted by molar-refractivity contribution is 6.35. The van der Waals surface area contributed by atoms with Crippen molar-refractivity contribution >= 4 is 34.4 Å². The molecule has 0 saturated carbocycles. The Kier molecular flexibility index (Phi) is 6.27. The number of hydrogen-bond acceptors (Lipinski definition) is 4. The smallest absolute Gasteiger partial charge is 0.333 e. The Bertz CT molecular complexity index is 1340. The van der Waals surface area contributed by atoms with Crippen molar-refractivity contribution in [3.05, 3.63) is 96.9 Å². The van der Waals surface area contributed by atoms with E-state index in [1.807, 2.05) is 30.3 Å². The number of hydrogen-bond donors (Lipinski definition) is 0. The van der Waals surface area contributed by atoms with E-state index in [2.05, 4.69) is 4.98 Å². The van der Waals surface area contributed by atoms with E-state index in [1.165, 1.54) is 9.13 Å². The molecule has 4 rings (SSSR count). The van der Waals surface area contributed by atoms with Crippen LogP contribution < -0.4 is 11.2 Å². The number of nitrogens with zero attached hydrogens (tertiary/aromatic N) is 4. The summed E-state index contributed by atoms with van der Waals surface area (Å²) in [6.45, 7) is 1.15. The van der Waals surface area contributed by atoms with Crippen molar-refractivity contribution in [1.82, 2.24) is 18.7 Å². The van der Waals surface area contributed by atoms with Crippen molar-refractivity contribution in [2.24, 2.45) is 0 Å². The van der Waals surface area contributed by atoms with E-state index in [-0.39, 0.29) is 13.1 Å². The Morgan fingerprint density at radius 2 is 1.77 bits per heavy atom.